The normalized spacial score (nSPS) is 10.4. The van der Waals surface area contributed by atoms with E-state index in [2.05, 4.69) is 14.9 Å². The monoisotopic (exact) mass is 310 g/mol. The summed E-state index contributed by atoms with van der Waals surface area (Å²) in [4.78, 5) is 11.4. The maximum absolute atomic E-state index is 11.4. The number of hydrogen-bond acceptors (Lipinski definition) is 5. The molecule has 0 spiro atoms. The summed E-state index contributed by atoms with van der Waals surface area (Å²) in [6.07, 6.45) is 0.700. The van der Waals surface area contributed by atoms with Crippen LogP contribution in [-0.2, 0) is 11.2 Å². The van der Waals surface area contributed by atoms with Crippen LogP contribution in [0.3, 0.4) is 0 Å². The van der Waals surface area contributed by atoms with Crippen molar-refractivity contribution in [3.8, 4) is 10.6 Å². The van der Waals surface area contributed by atoms with E-state index in [1.807, 2.05) is 42.5 Å². The van der Waals surface area contributed by atoms with Crippen LogP contribution in [0.5, 0.6) is 0 Å². The quantitative estimate of drug-likeness (QED) is 0.691. The summed E-state index contributed by atoms with van der Waals surface area (Å²) in [5.74, 6) is -0.325. The predicted molar refractivity (Wildman–Crippen MR) is 85.9 cm³/mol. The summed E-state index contributed by atoms with van der Waals surface area (Å²) in [5, 5.41) is 10.3. The fourth-order valence-electron chi connectivity index (χ4n) is 2.07. The van der Waals surface area contributed by atoms with Gasteiger partial charge in [0.2, 0.25) is 0 Å². The van der Waals surface area contributed by atoms with Crippen LogP contribution in [0.2, 0.25) is 0 Å². The molecule has 3 rings (SSSR count). The van der Waals surface area contributed by atoms with Crippen molar-refractivity contribution in [1.29, 1.82) is 0 Å². The van der Waals surface area contributed by atoms with Crippen molar-refractivity contribution in [2.45, 2.75) is 6.42 Å². The first-order valence-electron chi connectivity index (χ1n) is 6.81. The third-order valence-electron chi connectivity index (χ3n) is 3.22. The van der Waals surface area contributed by atoms with Crippen LogP contribution in [0.1, 0.15) is 20.9 Å². The Hall–Kier alpha value is -2.53. The lowest BCUT2D eigenvalue weighted by molar-refractivity contribution is 0.0600. The van der Waals surface area contributed by atoms with E-state index >= 15 is 0 Å². The summed E-state index contributed by atoms with van der Waals surface area (Å²) in [7, 11) is 1.38. The molecule has 2 aromatic carbocycles. The maximum atomic E-state index is 11.4. The summed E-state index contributed by atoms with van der Waals surface area (Å²) in [6.45, 7) is 0. The van der Waals surface area contributed by atoms with Crippen molar-refractivity contribution in [3.63, 3.8) is 0 Å². The number of esters is 1. The third kappa shape index (κ3) is 3.20. The van der Waals surface area contributed by atoms with Gasteiger partial charge >= 0.3 is 5.97 Å². The number of rotatable bonds is 4. The summed E-state index contributed by atoms with van der Waals surface area (Å²) in [5.41, 5.74) is 2.71. The van der Waals surface area contributed by atoms with Crippen LogP contribution < -0.4 is 0 Å². The van der Waals surface area contributed by atoms with Gasteiger partial charge in [-0.1, -0.05) is 53.8 Å². The lowest BCUT2D eigenvalue weighted by atomic mass is 10.1. The van der Waals surface area contributed by atoms with Crippen molar-refractivity contribution in [2.75, 3.05) is 7.11 Å². The van der Waals surface area contributed by atoms with Crippen LogP contribution >= 0.6 is 11.3 Å². The van der Waals surface area contributed by atoms with Crippen molar-refractivity contribution in [3.05, 3.63) is 70.7 Å². The van der Waals surface area contributed by atoms with Crippen molar-refractivity contribution in [1.82, 2.24) is 10.2 Å². The van der Waals surface area contributed by atoms with Crippen LogP contribution in [0, 0.1) is 0 Å². The number of aromatic nitrogens is 2. The molecule has 22 heavy (non-hydrogen) atoms. The van der Waals surface area contributed by atoms with E-state index in [9.17, 15) is 4.79 Å². The van der Waals surface area contributed by atoms with E-state index in [0.29, 0.717) is 12.0 Å². The highest BCUT2D eigenvalue weighted by Crippen LogP contribution is 2.24. The molecule has 0 saturated carbocycles. The zero-order chi connectivity index (χ0) is 15.4. The Kier molecular flexibility index (Phi) is 4.25. The number of benzene rings is 2. The molecule has 0 bridgehead atoms. The van der Waals surface area contributed by atoms with Crippen molar-refractivity contribution < 1.29 is 9.53 Å². The standard InChI is InChI=1S/C17H14N2O2S/c1-21-17(20)14-9-7-12(8-10-14)11-15-18-19-16(22-15)13-5-3-2-4-6-13/h2-10H,11H2,1H3. The predicted octanol–water partition coefficient (Wildman–Crippen LogP) is 3.58. The van der Waals surface area contributed by atoms with E-state index in [4.69, 9.17) is 0 Å². The van der Waals surface area contributed by atoms with Gasteiger partial charge in [0.05, 0.1) is 12.7 Å². The van der Waals surface area contributed by atoms with Crippen LogP contribution in [-0.4, -0.2) is 23.3 Å². The summed E-state index contributed by atoms with van der Waals surface area (Å²) >= 11 is 1.58. The first kappa shape index (κ1) is 14.4. The fraction of sp³-hybridized carbons (Fsp3) is 0.118. The maximum Gasteiger partial charge on any atom is 0.337 e. The Morgan fingerprint density at radius 2 is 1.77 bits per heavy atom. The molecule has 0 aliphatic carbocycles. The van der Waals surface area contributed by atoms with Crippen LogP contribution in [0.15, 0.2) is 54.6 Å². The second kappa shape index (κ2) is 6.49. The number of hydrogen-bond donors (Lipinski definition) is 0. The van der Waals surface area contributed by atoms with E-state index in [0.717, 1.165) is 21.1 Å². The number of methoxy groups -OCH3 is 1. The zero-order valence-electron chi connectivity index (χ0n) is 12.0. The molecule has 0 N–H and O–H groups in total. The second-order valence-corrected chi connectivity index (χ2v) is 5.79. The molecule has 0 fully saturated rings. The van der Waals surface area contributed by atoms with E-state index < -0.39 is 0 Å². The third-order valence-corrected chi connectivity index (χ3v) is 4.19. The molecule has 0 saturated heterocycles. The minimum atomic E-state index is -0.325. The number of ether oxygens (including phenoxy) is 1. The van der Waals surface area contributed by atoms with Crippen LogP contribution in [0.4, 0.5) is 0 Å². The highest BCUT2D eigenvalue weighted by atomic mass is 32.1. The van der Waals surface area contributed by atoms with Gasteiger partial charge in [0.1, 0.15) is 10.0 Å². The molecule has 110 valence electrons. The van der Waals surface area contributed by atoms with Gasteiger partial charge in [0, 0.05) is 12.0 Å². The Morgan fingerprint density at radius 3 is 2.45 bits per heavy atom. The second-order valence-electron chi connectivity index (χ2n) is 4.73. The lowest BCUT2D eigenvalue weighted by Gasteiger charge is -2.01. The van der Waals surface area contributed by atoms with E-state index in [1.54, 1.807) is 23.5 Å². The molecule has 1 heterocycles. The van der Waals surface area contributed by atoms with E-state index in [1.165, 1.54) is 7.11 Å². The van der Waals surface area contributed by atoms with E-state index in [-0.39, 0.29) is 5.97 Å². The first-order chi connectivity index (χ1) is 10.8. The lowest BCUT2D eigenvalue weighted by Crippen LogP contribution is -2.00. The molecular weight excluding hydrogens is 296 g/mol. The topological polar surface area (TPSA) is 52.1 Å². The summed E-state index contributed by atoms with van der Waals surface area (Å²) in [6, 6.07) is 17.4. The molecule has 4 nitrogen and oxygen atoms in total. The minimum Gasteiger partial charge on any atom is -0.465 e. The Morgan fingerprint density at radius 1 is 1.05 bits per heavy atom. The molecule has 0 unspecified atom stereocenters. The van der Waals surface area contributed by atoms with Crippen LogP contribution in [0.25, 0.3) is 10.6 Å². The molecule has 0 atom stereocenters. The Balaban J connectivity index is 1.74. The smallest absolute Gasteiger partial charge is 0.337 e. The molecule has 0 aliphatic rings. The highest BCUT2D eigenvalue weighted by Gasteiger charge is 2.08. The largest absolute Gasteiger partial charge is 0.465 e. The molecule has 1 aromatic heterocycles. The highest BCUT2D eigenvalue weighted by molar-refractivity contribution is 7.14. The fourth-order valence-corrected chi connectivity index (χ4v) is 2.95. The van der Waals surface area contributed by atoms with Gasteiger partial charge in [0.25, 0.3) is 0 Å². The number of carbonyl (C=O) groups excluding carboxylic acids is 1. The van der Waals surface area contributed by atoms with Crippen molar-refractivity contribution in [2.24, 2.45) is 0 Å². The van der Waals surface area contributed by atoms with Gasteiger partial charge < -0.3 is 4.74 Å². The van der Waals surface area contributed by atoms with Crippen molar-refractivity contribution >= 4 is 17.3 Å². The molecule has 0 aliphatic heterocycles. The Labute approximate surface area is 132 Å². The SMILES string of the molecule is COC(=O)c1ccc(Cc2nnc(-c3ccccc3)s2)cc1. The van der Waals surface area contributed by atoms with Gasteiger partial charge in [-0.2, -0.15) is 0 Å². The number of carbonyl (C=O) groups is 1. The van der Waals surface area contributed by atoms with Gasteiger partial charge in [-0.3, -0.25) is 0 Å². The molecule has 3 aromatic rings. The molecule has 0 amide bonds. The zero-order valence-corrected chi connectivity index (χ0v) is 12.8. The average molecular weight is 310 g/mol. The van der Waals surface area contributed by atoms with Gasteiger partial charge in [-0.05, 0) is 17.7 Å². The van der Waals surface area contributed by atoms with Gasteiger partial charge in [0.15, 0.2) is 0 Å². The number of nitrogens with zero attached hydrogens (tertiary/aromatic N) is 2. The average Bonchev–Trinajstić information content (AvgIpc) is 3.04. The van der Waals surface area contributed by atoms with Gasteiger partial charge in [-0.25, -0.2) is 4.79 Å². The summed E-state index contributed by atoms with van der Waals surface area (Å²) < 4.78 is 4.69. The van der Waals surface area contributed by atoms with Gasteiger partial charge in [-0.15, -0.1) is 10.2 Å². The first-order valence-corrected chi connectivity index (χ1v) is 7.63. The Bertz CT molecular complexity index is 767. The molecular formula is C17H14N2O2S. The molecule has 0 radical (unpaired) electrons. The molecule has 5 heteroatoms. The minimum absolute atomic E-state index is 0.325.